The van der Waals surface area contributed by atoms with Crippen LogP contribution in [0.1, 0.15) is 26.3 Å². The molecule has 0 unspecified atom stereocenters. The highest BCUT2D eigenvalue weighted by Gasteiger charge is 2.14. The van der Waals surface area contributed by atoms with Gasteiger partial charge in [-0.1, -0.05) is 23.2 Å². The Morgan fingerprint density at radius 1 is 1.48 bits per heavy atom. The molecule has 2 aromatic rings. The van der Waals surface area contributed by atoms with Crippen LogP contribution in [0.3, 0.4) is 0 Å². The van der Waals surface area contributed by atoms with Crippen molar-refractivity contribution in [2.45, 2.75) is 26.4 Å². The molecule has 3 N–H and O–H groups in total. The second-order valence-corrected chi connectivity index (χ2v) is 6.45. The highest BCUT2D eigenvalue weighted by atomic mass is 32.1. The molecule has 0 saturated heterocycles. The van der Waals surface area contributed by atoms with Crippen molar-refractivity contribution in [1.82, 2.24) is 10.3 Å². The molecule has 2 rings (SSSR count). The predicted molar refractivity (Wildman–Crippen MR) is 85.1 cm³/mol. The fraction of sp³-hybridized carbons (Fsp3) is 0.333. The van der Waals surface area contributed by atoms with Crippen LogP contribution in [0.15, 0.2) is 18.2 Å². The number of ether oxygens (including phenoxy) is 1. The van der Waals surface area contributed by atoms with Gasteiger partial charge in [0.05, 0.1) is 16.8 Å². The number of amides is 1. The van der Waals surface area contributed by atoms with E-state index < -0.39 is 11.7 Å². The number of nitrogens with zero attached hydrogens (tertiary/aromatic N) is 1. The summed E-state index contributed by atoms with van der Waals surface area (Å²) in [5.74, 6) is 5.84. The van der Waals surface area contributed by atoms with E-state index in [2.05, 4.69) is 22.1 Å². The molecular weight excluding hydrogens is 286 g/mol. The summed E-state index contributed by atoms with van der Waals surface area (Å²) in [5.41, 5.74) is 6.82. The first-order valence-corrected chi connectivity index (χ1v) is 7.27. The van der Waals surface area contributed by atoms with E-state index in [-0.39, 0.29) is 6.54 Å². The van der Waals surface area contributed by atoms with E-state index in [0.29, 0.717) is 5.13 Å². The molecule has 0 radical (unpaired) electrons. The zero-order valence-corrected chi connectivity index (χ0v) is 13.0. The van der Waals surface area contributed by atoms with E-state index in [9.17, 15) is 4.79 Å². The maximum Gasteiger partial charge on any atom is 0.408 e. The monoisotopic (exact) mass is 303 g/mol. The molecule has 1 aromatic heterocycles. The Balaban J connectivity index is 1.93. The zero-order valence-electron chi connectivity index (χ0n) is 12.2. The van der Waals surface area contributed by atoms with Crippen molar-refractivity contribution in [3.63, 3.8) is 0 Å². The number of thiazole rings is 1. The minimum absolute atomic E-state index is 0.228. The molecule has 0 aliphatic heterocycles. The van der Waals surface area contributed by atoms with E-state index in [1.165, 1.54) is 11.3 Å². The van der Waals surface area contributed by atoms with Crippen LogP contribution in [0.25, 0.3) is 10.2 Å². The van der Waals surface area contributed by atoms with E-state index in [1.807, 2.05) is 39.0 Å². The summed E-state index contributed by atoms with van der Waals surface area (Å²) >= 11 is 1.44. The van der Waals surface area contributed by atoms with Crippen LogP contribution in [-0.2, 0) is 4.74 Å². The molecule has 0 atom stereocenters. The Morgan fingerprint density at radius 2 is 2.24 bits per heavy atom. The number of carbonyl (C=O) groups excluding carboxylic acids is 1. The molecule has 1 amide bonds. The maximum absolute atomic E-state index is 11.4. The summed E-state index contributed by atoms with van der Waals surface area (Å²) in [6, 6.07) is 5.72. The summed E-state index contributed by atoms with van der Waals surface area (Å²) < 4.78 is 6.14. The first kappa shape index (κ1) is 15.1. The Kier molecular flexibility index (Phi) is 4.34. The third kappa shape index (κ3) is 4.65. The molecule has 0 spiro atoms. The molecular formula is C15H17N3O2S. The molecule has 110 valence electrons. The summed E-state index contributed by atoms with van der Waals surface area (Å²) in [6.45, 7) is 5.67. The maximum atomic E-state index is 11.4. The predicted octanol–water partition coefficient (Wildman–Crippen LogP) is 2.75. The Labute approximate surface area is 127 Å². The molecule has 21 heavy (non-hydrogen) atoms. The van der Waals surface area contributed by atoms with Gasteiger partial charge in [-0.05, 0) is 39.0 Å². The lowest BCUT2D eigenvalue weighted by Crippen LogP contribution is -2.32. The molecule has 1 heterocycles. The average Bonchev–Trinajstić information content (AvgIpc) is 2.71. The highest BCUT2D eigenvalue weighted by molar-refractivity contribution is 7.22. The van der Waals surface area contributed by atoms with Gasteiger partial charge in [-0.15, -0.1) is 0 Å². The van der Waals surface area contributed by atoms with Crippen molar-refractivity contribution in [2.75, 3.05) is 12.3 Å². The molecule has 0 saturated carbocycles. The number of anilines is 1. The Hall–Kier alpha value is -2.26. The fourth-order valence-electron chi connectivity index (χ4n) is 1.60. The number of alkyl carbamates (subject to hydrolysis) is 1. The molecule has 6 heteroatoms. The minimum Gasteiger partial charge on any atom is -0.444 e. The van der Waals surface area contributed by atoms with Gasteiger partial charge in [0.1, 0.15) is 5.60 Å². The number of carbonyl (C=O) groups is 1. The Morgan fingerprint density at radius 3 is 2.95 bits per heavy atom. The smallest absolute Gasteiger partial charge is 0.408 e. The van der Waals surface area contributed by atoms with Crippen molar-refractivity contribution in [3.8, 4) is 11.8 Å². The first-order chi connectivity index (χ1) is 9.83. The third-order valence-corrected chi connectivity index (χ3v) is 3.22. The summed E-state index contributed by atoms with van der Waals surface area (Å²) in [7, 11) is 0. The van der Waals surface area contributed by atoms with Crippen LogP contribution in [0.2, 0.25) is 0 Å². The first-order valence-electron chi connectivity index (χ1n) is 6.45. The van der Waals surface area contributed by atoms with Gasteiger partial charge >= 0.3 is 6.09 Å². The number of rotatable bonds is 1. The minimum atomic E-state index is -0.507. The Bertz CT molecular complexity index is 720. The van der Waals surface area contributed by atoms with Gasteiger partial charge in [0.15, 0.2) is 5.13 Å². The number of aromatic nitrogens is 1. The van der Waals surface area contributed by atoms with Crippen LogP contribution in [0.4, 0.5) is 9.93 Å². The van der Waals surface area contributed by atoms with E-state index in [4.69, 9.17) is 10.5 Å². The van der Waals surface area contributed by atoms with E-state index >= 15 is 0 Å². The van der Waals surface area contributed by atoms with Gasteiger partial charge in [0.25, 0.3) is 0 Å². The number of nitrogen functional groups attached to an aromatic ring is 1. The van der Waals surface area contributed by atoms with E-state index in [1.54, 1.807) is 0 Å². The largest absolute Gasteiger partial charge is 0.444 e. The molecule has 1 aromatic carbocycles. The lowest BCUT2D eigenvalue weighted by molar-refractivity contribution is 0.0535. The number of hydrogen-bond donors (Lipinski definition) is 2. The van der Waals surface area contributed by atoms with Crippen LogP contribution in [0, 0.1) is 11.8 Å². The lowest BCUT2D eigenvalue weighted by atomic mass is 10.2. The average molecular weight is 303 g/mol. The second-order valence-electron chi connectivity index (χ2n) is 5.39. The quantitative estimate of drug-likeness (QED) is 0.794. The number of nitrogens with two attached hydrogens (primary N) is 1. The van der Waals surface area contributed by atoms with Crippen LogP contribution >= 0.6 is 11.3 Å². The van der Waals surface area contributed by atoms with E-state index in [0.717, 1.165) is 15.8 Å². The standard InChI is InChI=1S/C15H17N3O2S/c1-15(2,3)20-14(19)17-8-4-5-10-6-7-12-11(9-10)18-13(16)21-12/h6-7,9H,8H2,1-3H3,(H2,16,18)(H,17,19). The topological polar surface area (TPSA) is 77.2 Å². The second kappa shape index (κ2) is 6.02. The SMILES string of the molecule is CC(C)(C)OC(=O)NCC#Cc1ccc2sc(N)nc2c1. The van der Waals surface area contributed by atoms with Crippen LogP contribution in [0.5, 0.6) is 0 Å². The lowest BCUT2D eigenvalue weighted by Gasteiger charge is -2.18. The zero-order chi connectivity index (χ0) is 15.5. The summed E-state index contributed by atoms with van der Waals surface area (Å²) in [6.07, 6.45) is -0.473. The fourth-order valence-corrected chi connectivity index (χ4v) is 2.31. The van der Waals surface area contributed by atoms with Crippen molar-refractivity contribution >= 4 is 32.8 Å². The molecule has 0 aliphatic rings. The normalized spacial score (nSPS) is 10.8. The third-order valence-electron chi connectivity index (χ3n) is 2.36. The number of hydrogen-bond acceptors (Lipinski definition) is 5. The molecule has 0 aliphatic carbocycles. The van der Waals surface area contributed by atoms with Gasteiger partial charge in [-0.25, -0.2) is 9.78 Å². The van der Waals surface area contributed by atoms with Crippen molar-refractivity contribution < 1.29 is 9.53 Å². The van der Waals surface area contributed by atoms with Crippen LogP contribution in [-0.4, -0.2) is 23.2 Å². The van der Waals surface area contributed by atoms with Crippen molar-refractivity contribution in [2.24, 2.45) is 0 Å². The highest BCUT2D eigenvalue weighted by Crippen LogP contribution is 2.23. The summed E-state index contributed by atoms with van der Waals surface area (Å²) in [4.78, 5) is 15.6. The van der Waals surface area contributed by atoms with Gasteiger partial charge in [0, 0.05) is 5.56 Å². The number of benzene rings is 1. The van der Waals surface area contributed by atoms with Gasteiger partial charge in [-0.2, -0.15) is 0 Å². The van der Waals surface area contributed by atoms with Crippen LogP contribution < -0.4 is 11.1 Å². The van der Waals surface area contributed by atoms with Gasteiger partial charge in [0.2, 0.25) is 0 Å². The molecule has 0 fully saturated rings. The number of fused-ring (bicyclic) bond motifs is 1. The molecule has 0 bridgehead atoms. The number of nitrogens with one attached hydrogen (secondary N) is 1. The molecule has 5 nitrogen and oxygen atoms in total. The summed E-state index contributed by atoms with van der Waals surface area (Å²) in [5, 5.41) is 3.13. The van der Waals surface area contributed by atoms with Crippen molar-refractivity contribution in [3.05, 3.63) is 23.8 Å². The van der Waals surface area contributed by atoms with Gasteiger partial charge < -0.3 is 15.8 Å². The van der Waals surface area contributed by atoms with Gasteiger partial charge in [-0.3, -0.25) is 0 Å². The van der Waals surface area contributed by atoms with Crippen molar-refractivity contribution in [1.29, 1.82) is 0 Å².